The van der Waals surface area contributed by atoms with Gasteiger partial charge in [-0.15, -0.1) is 0 Å². The van der Waals surface area contributed by atoms with Crippen molar-refractivity contribution >= 4 is 5.82 Å². The van der Waals surface area contributed by atoms with Crippen LogP contribution in [0.4, 0.5) is 5.82 Å². The average molecular weight is 263 g/mol. The zero-order valence-corrected chi connectivity index (χ0v) is 12.0. The van der Waals surface area contributed by atoms with Gasteiger partial charge in [-0.25, -0.2) is 4.98 Å². The lowest BCUT2D eigenvalue weighted by Crippen LogP contribution is -2.51. The maximum atomic E-state index is 10.4. The number of rotatable bonds is 5. The fourth-order valence-electron chi connectivity index (χ4n) is 2.57. The van der Waals surface area contributed by atoms with E-state index in [2.05, 4.69) is 34.7 Å². The molecule has 4 nitrogen and oxygen atoms in total. The van der Waals surface area contributed by atoms with Crippen LogP contribution >= 0.6 is 0 Å². The predicted molar refractivity (Wildman–Crippen MR) is 78.4 cm³/mol. The second kappa shape index (κ2) is 6.35. The normalized spacial score (nSPS) is 17.7. The minimum Gasteiger partial charge on any atom is -0.389 e. The number of hydrogen-bond acceptors (Lipinski definition) is 4. The van der Waals surface area contributed by atoms with Crippen LogP contribution in [-0.4, -0.2) is 53.3 Å². The molecule has 4 heteroatoms. The number of nitrogens with zero attached hydrogens (tertiary/aromatic N) is 3. The molecule has 0 amide bonds. The van der Waals surface area contributed by atoms with Gasteiger partial charge in [0.05, 0.1) is 5.60 Å². The minimum atomic E-state index is -0.521. The molecule has 1 aromatic rings. The number of aliphatic hydroxyl groups is 1. The van der Waals surface area contributed by atoms with E-state index in [-0.39, 0.29) is 0 Å². The molecule has 0 atom stereocenters. The van der Waals surface area contributed by atoms with E-state index in [0.29, 0.717) is 0 Å². The number of hydrogen-bond donors (Lipinski definition) is 1. The highest BCUT2D eigenvalue weighted by Gasteiger charge is 2.27. The molecule has 2 rings (SSSR count). The highest BCUT2D eigenvalue weighted by Crippen LogP contribution is 2.19. The van der Waals surface area contributed by atoms with E-state index in [1.807, 2.05) is 18.3 Å². The number of pyridine rings is 1. The second-order valence-corrected chi connectivity index (χ2v) is 5.38. The first-order valence-electron chi connectivity index (χ1n) is 7.27. The van der Waals surface area contributed by atoms with Gasteiger partial charge in [0.1, 0.15) is 5.82 Å². The summed E-state index contributed by atoms with van der Waals surface area (Å²) >= 11 is 0. The average Bonchev–Trinajstić information content (AvgIpc) is 2.49. The van der Waals surface area contributed by atoms with Gasteiger partial charge in [0.25, 0.3) is 0 Å². The number of piperazine rings is 1. The summed E-state index contributed by atoms with van der Waals surface area (Å²) < 4.78 is 0. The third-order valence-corrected chi connectivity index (χ3v) is 4.18. The molecule has 1 N–H and O–H groups in total. The first kappa shape index (κ1) is 14.3. The Bertz CT molecular complexity index is 370. The van der Waals surface area contributed by atoms with Crippen molar-refractivity contribution in [1.29, 1.82) is 0 Å². The van der Waals surface area contributed by atoms with E-state index in [4.69, 9.17) is 0 Å². The van der Waals surface area contributed by atoms with E-state index in [1.54, 1.807) is 0 Å². The monoisotopic (exact) mass is 263 g/mol. The molecule has 106 valence electrons. The molecule has 19 heavy (non-hydrogen) atoms. The topological polar surface area (TPSA) is 39.6 Å². The fourth-order valence-corrected chi connectivity index (χ4v) is 2.57. The highest BCUT2D eigenvalue weighted by molar-refractivity contribution is 5.38. The zero-order valence-electron chi connectivity index (χ0n) is 12.0. The molecule has 1 fully saturated rings. The quantitative estimate of drug-likeness (QED) is 0.878. The molecule has 2 heterocycles. The molecule has 0 unspecified atom stereocenters. The van der Waals surface area contributed by atoms with Gasteiger partial charge in [-0.3, -0.25) is 4.90 Å². The fraction of sp³-hybridized carbons (Fsp3) is 0.667. The molecule has 1 saturated heterocycles. The summed E-state index contributed by atoms with van der Waals surface area (Å²) in [5, 5.41) is 10.4. The summed E-state index contributed by atoms with van der Waals surface area (Å²) in [5.41, 5.74) is -0.521. The van der Waals surface area contributed by atoms with E-state index in [1.165, 1.54) is 0 Å². The molecular weight excluding hydrogens is 238 g/mol. The molecule has 1 aliphatic heterocycles. The SMILES string of the molecule is CCC(O)(CC)CN1CCN(c2ccccn2)CC1. The number of aromatic nitrogens is 1. The smallest absolute Gasteiger partial charge is 0.128 e. The standard InChI is InChI=1S/C15H25N3O/c1-3-15(19,4-2)13-17-9-11-18(12-10-17)14-7-5-6-8-16-14/h5-8,19H,3-4,9-13H2,1-2H3. The molecule has 0 saturated carbocycles. The maximum Gasteiger partial charge on any atom is 0.128 e. The van der Waals surface area contributed by atoms with E-state index >= 15 is 0 Å². The Kier molecular flexibility index (Phi) is 4.77. The largest absolute Gasteiger partial charge is 0.389 e. The van der Waals surface area contributed by atoms with Gasteiger partial charge in [-0.2, -0.15) is 0 Å². The van der Waals surface area contributed by atoms with Gasteiger partial charge < -0.3 is 10.0 Å². The van der Waals surface area contributed by atoms with E-state index < -0.39 is 5.60 Å². The van der Waals surface area contributed by atoms with Gasteiger partial charge in [0.2, 0.25) is 0 Å². The summed E-state index contributed by atoms with van der Waals surface area (Å²) in [6.45, 7) is 8.89. The first-order chi connectivity index (χ1) is 9.17. The van der Waals surface area contributed by atoms with Gasteiger partial charge in [-0.05, 0) is 25.0 Å². The minimum absolute atomic E-state index is 0.521. The van der Waals surface area contributed by atoms with Crippen LogP contribution in [0.25, 0.3) is 0 Å². The lowest BCUT2D eigenvalue weighted by Gasteiger charge is -2.39. The van der Waals surface area contributed by atoms with Crippen molar-refractivity contribution < 1.29 is 5.11 Å². The van der Waals surface area contributed by atoms with Crippen molar-refractivity contribution in [2.75, 3.05) is 37.6 Å². The molecule has 0 bridgehead atoms. The predicted octanol–water partition coefficient (Wildman–Crippen LogP) is 1.75. The molecule has 0 aliphatic carbocycles. The van der Waals surface area contributed by atoms with E-state index in [0.717, 1.165) is 51.4 Å². The lowest BCUT2D eigenvalue weighted by atomic mass is 9.96. The van der Waals surface area contributed by atoms with Gasteiger partial charge in [-0.1, -0.05) is 19.9 Å². The van der Waals surface area contributed by atoms with Crippen LogP contribution in [0.3, 0.4) is 0 Å². The van der Waals surface area contributed by atoms with Crippen molar-refractivity contribution in [3.05, 3.63) is 24.4 Å². The van der Waals surface area contributed by atoms with Crippen molar-refractivity contribution in [2.45, 2.75) is 32.3 Å². The van der Waals surface area contributed by atoms with Crippen LogP contribution in [0.5, 0.6) is 0 Å². The van der Waals surface area contributed by atoms with Gasteiger partial charge in [0.15, 0.2) is 0 Å². The van der Waals surface area contributed by atoms with Crippen LogP contribution in [0, 0.1) is 0 Å². The second-order valence-electron chi connectivity index (χ2n) is 5.38. The molecule has 1 aromatic heterocycles. The summed E-state index contributed by atoms with van der Waals surface area (Å²) in [7, 11) is 0. The molecular formula is C15H25N3O. The molecule has 0 radical (unpaired) electrons. The van der Waals surface area contributed by atoms with Crippen LogP contribution in [0.2, 0.25) is 0 Å². The van der Waals surface area contributed by atoms with Crippen LogP contribution in [0.15, 0.2) is 24.4 Å². The van der Waals surface area contributed by atoms with Crippen LogP contribution in [0.1, 0.15) is 26.7 Å². The van der Waals surface area contributed by atoms with Crippen LogP contribution in [-0.2, 0) is 0 Å². The summed E-state index contributed by atoms with van der Waals surface area (Å²) in [5.74, 6) is 1.06. The van der Waals surface area contributed by atoms with Crippen molar-refractivity contribution in [2.24, 2.45) is 0 Å². The molecule has 0 aromatic carbocycles. The molecule has 1 aliphatic rings. The zero-order chi connectivity index (χ0) is 13.7. The summed E-state index contributed by atoms with van der Waals surface area (Å²) in [4.78, 5) is 9.07. The van der Waals surface area contributed by atoms with Gasteiger partial charge in [0, 0.05) is 38.9 Å². The highest BCUT2D eigenvalue weighted by atomic mass is 16.3. The Balaban J connectivity index is 1.86. The first-order valence-corrected chi connectivity index (χ1v) is 7.27. The summed E-state index contributed by atoms with van der Waals surface area (Å²) in [6, 6.07) is 6.04. The Labute approximate surface area is 116 Å². The Morgan fingerprint density at radius 1 is 1.16 bits per heavy atom. The Hall–Kier alpha value is -1.13. The van der Waals surface area contributed by atoms with Crippen molar-refractivity contribution in [1.82, 2.24) is 9.88 Å². The van der Waals surface area contributed by atoms with Crippen LogP contribution < -0.4 is 4.90 Å². The number of anilines is 1. The summed E-state index contributed by atoms with van der Waals surface area (Å²) in [6.07, 6.45) is 3.49. The Morgan fingerprint density at radius 2 is 1.84 bits per heavy atom. The maximum absolute atomic E-state index is 10.4. The van der Waals surface area contributed by atoms with Gasteiger partial charge >= 0.3 is 0 Å². The van der Waals surface area contributed by atoms with Crippen molar-refractivity contribution in [3.63, 3.8) is 0 Å². The Morgan fingerprint density at radius 3 is 2.37 bits per heavy atom. The van der Waals surface area contributed by atoms with E-state index in [9.17, 15) is 5.11 Å². The number of β-amino-alcohol motifs (C(OH)–C–C–N with tert-alkyl or cyclic N) is 1. The van der Waals surface area contributed by atoms with Crippen molar-refractivity contribution in [3.8, 4) is 0 Å². The molecule has 0 spiro atoms. The lowest BCUT2D eigenvalue weighted by molar-refractivity contribution is -0.00458. The third kappa shape index (κ3) is 3.67. The third-order valence-electron chi connectivity index (χ3n) is 4.18.